The van der Waals surface area contributed by atoms with Crippen molar-refractivity contribution < 1.29 is 20.1 Å². The minimum atomic E-state index is -1.13. The highest BCUT2D eigenvalue weighted by molar-refractivity contribution is 5.76. The third-order valence-corrected chi connectivity index (χ3v) is 7.62. The minimum absolute atomic E-state index is 0.153. The second kappa shape index (κ2) is 29.1. The number of hydrogen-bond acceptors (Lipinski definition) is 4. The molecule has 0 aliphatic carbocycles. The Hall–Kier alpha value is -0.910. The SMILES string of the molecule is CCCCCC/C=C\CCCCCCCCCC(=O)NC(CO)C(O)C(O)CCCCCCCCCCC. The van der Waals surface area contributed by atoms with Gasteiger partial charge in [-0.3, -0.25) is 4.79 Å². The van der Waals surface area contributed by atoms with Crippen molar-refractivity contribution in [2.24, 2.45) is 0 Å². The van der Waals surface area contributed by atoms with Crippen LogP contribution in [0.3, 0.4) is 0 Å². The van der Waals surface area contributed by atoms with Crippen LogP contribution in [-0.4, -0.2) is 46.1 Å². The van der Waals surface area contributed by atoms with E-state index in [1.165, 1.54) is 103 Å². The molecule has 0 fully saturated rings. The fraction of sp³-hybridized carbons (Fsp3) is 0.909. The molecule has 226 valence electrons. The standard InChI is InChI=1S/C33H65NO4/c1-3-5-7-9-11-13-14-15-16-17-18-20-22-24-26-28-32(37)34-30(29-35)33(38)31(36)27-25-23-21-19-12-10-8-6-4-2/h13-14,30-31,33,35-36,38H,3-12,15-29H2,1-2H3,(H,34,37)/b14-13-. The average Bonchev–Trinajstić information content (AvgIpc) is 2.92. The van der Waals surface area contributed by atoms with E-state index in [4.69, 9.17) is 0 Å². The van der Waals surface area contributed by atoms with Gasteiger partial charge < -0.3 is 20.6 Å². The topological polar surface area (TPSA) is 89.8 Å². The maximum absolute atomic E-state index is 12.3. The van der Waals surface area contributed by atoms with Crippen molar-refractivity contribution in [2.75, 3.05) is 6.61 Å². The molecule has 0 aromatic rings. The van der Waals surface area contributed by atoms with E-state index in [1.807, 2.05) is 0 Å². The Kier molecular flexibility index (Phi) is 28.4. The Bertz CT molecular complexity index is 525. The van der Waals surface area contributed by atoms with Crippen molar-refractivity contribution in [1.29, 1.82) is 0 Å². The van der Waals surface area contributed by atoms with Gasteiger partial charge in [-0.2, -0.15) is 0 Å². The van der Waals surface area contributed by atoms with E-state index in [0.29, 0.717) is 12.8 Å². The second-order valence-corrected chi connectivity index (χ2v) is 11.4. The Morgan fingerprint density at radius 2 is 1.05 bits per heavy atom. The molecular formula is C33H65NO4. The number of rotatable bonds is 29. The van der Waals surface area contributed by atoms with Gasteiger partial charge in [-0.15, -0.1) is 0 Å². The number of amides is 1. The molecule has 0 aromatic heterocycles. The first-order chi connectivity index (χ1) is 18.6. The lowest BCUT2D eigenvalue weighted by Gasteiger charge is -2.26. The van der Waals surface area contributed by atoms with Crippen LogP contribution in [0.2, 0.25) is 0 Å². The first-order valence-corrected chi connectivity index (χ1v) is 16.5. The lowest BCUT2D eigenvalue weighted by molar-refractivity contribution is -0.124. The van der Waals surface area contributed by atoms with Crippen molar-refractivity contribution in [3.05, 3.63) is 12.2 Å². The van der Waals surface area contributed by atoms with Crippen LogP contribution in [0, 0.1) is 0 Å². The number of allylic oxidation sites excluding steroid dienone is 2. The Balaban J connectivity index is 3.72. The Morgan fingerprint density at radius 1 is 0.632 bits per heavy atom. The van der Waals surface area contributed by atoms with Gasteiger partial charge in [0.1, 0.15) is 6.10 Å². The molecule has 0 bridgehead atoms. The van der Waals surface area contributed by atoms with Crippen molar-refractivity contribution in [1.82, 2.24) is 5.32 Å². The maximum atomic E-state index is 12.3. The highest BCUT2D eigenvalue weighted by Crippen LogP contribution is 2.14. The van der Waals surface area contributed by atoms with E-state index in [-0.39, 0.29) is 12.5 Å². The molecular weight excluding hydrogens is 474 g/mol. The molecule has 4 N–H and O–H groups in total. The van der Waals surface area contributed by atoms with Gasteiger partial charge >= 0.3 is 0 Å². The van der Waals surface area contributed by atoms with Gasteiger partial charge in [-0.1, -0.05) is 135 Å². The fourth-order valence-electron chi connectivity index (χ4n) is 4.98. The van der Waals surface area contributed by atoms with Gasteiger partial charge in [0, 0.05) is 6.42 Å². The zero-order chi connectivity index (χ0) is 28.1. The Labute approximate surface area is 236 Å². The average molecular weight is 540 g/mol. The largest absolute Gasteiger partial charge is 0.394 e. The van der Waals surface area contributed by atoms with Gasteiger partial charge in [-0.25, -0.2) is 0 Å². The molecule has 3 unspecified atom stereocenters. The lowest BCUT2D eigenvalue weighted by Crippen LogP contribution is -2.50. The molecule has 5 heteroatoms. The molecule has 0 aliphatic rings. The summed E-state index contributed by atoms with van der Waals surface area (Å²) < 4.78 is 0. The third-order valence-electron chi connectivity index (χ3n) is 7.62. The van der Waals surface area contributed by atoms with Crippen LogP contribution in [0.1, 0.15) is 168 Å². The molecule has 3 atom stereocenters. The highest BCUT2D eigenvalue weighted by atomic mass is 16.3. The van der Waals surface area contributed by atoms with E-state index in [1.54, 1.807) is 0 Å². The predicted octanol–water partition coefficient (Wildman–Crippen LogP) is 8.14. The van der Waals surface area contributed by atoms with Crippen LogP contribution in [-0.2, 0) is 4.79 Å². The van der Waals surface area contributed by atoms with Crippen LogP contribution >= 0.6 is 0 Å². The zero-order valence-corrected chi connectivity index (χ0v) is 25.3. The summed E-state index contributed by atoms with van der Waals surface area (Å²) >= 11 is 0. The van der Waals surface area contributed by atoms with Crippen molar-refractivity contribution >= 4 is 5.91 Å². The zero-order valence-electron chi connectivity index (χ0n) is 25.3. The third kappa shape index (κ3) is 24.2. The summed E-state index contributed by atoms with van der Waals surface area (Å²) in [4.78, 5) is 12.3. The predicted molar refractivity (Wildman–Crippen MR) is 162 cm³/mol. The molecule has 0 rings (SSSR count). The number of carbonyl (C=O) groups is 1. The smallest absolute Gasteiger partial charge is 0.220 e. The van der Waals surface area contributed by atoms with Gasteiger partial charge in [0.2, 0.25) is 5.91 Å². The molecule has 5 nitrogen and oxygen atoms in total. The number of carbonyl (C=O) groups excluding carboxylic acids is 1. The highest BCUT2D eigenvalue weighted by Gasteiger charge is 2.26. The molecule has 0 saturated heterocycles. The van der Waals surface area contributed by atoms with Gasteiger partial charge in [-0.05, 0) is 38.5 Å². The maximum Gasteiger partial charge on any atom is 0.220 e. The summed E-state index contributed by atoms with van der Waals surface area (Å²) in [5.41, 5.74) is 0. The minimum Gasteiger partial charge on any atom is -0.394 e. The van der Waals surface area contributed by atoms with Crippen LogP contribution in [0.15, 0.2) is 12.2 Å². The quantitative estimate of drug-likeness (QED) is 0.0570. The fourth-order valence-corrected chi connectivity index (χ4v) is 4.98. The number of nitrogens with one attached hydrogen (secondary N) is 1. The van der Waals surface area contributed by atoms with E-state index in [9.17, 15) is 20.1 Å². The van der Waals surface area contributed by atoms with E-state index in [0.717, 1.165) is 38.5 Å². The van der Waals surface area contributed by atoms with Crippen molar-refractivity contribution in [3.63, 3.8) is 0 Å². The number of aliphatic hydroxyl groups is 3. The molecule has 0 saturated carbocycles. The molecule has 0 aliphatic heterocycles. The molecule has 38 heavy (non-hydrogen) atoms. The van der Waals surface area contributed by atoms with Crippen molar-refractivity contribution in [2.45, 2.75) is 186 Å². The van der Waals surface area contributed by atoms with Crippen molar-refractivity contribution in [3.8, 4) is 0 Å². The number of unbranched alkanes of at least 4 members (excludes halogenated alkanes) is 19. The molecule has 0 aromatic carbocycles. The van der Waals surface area contributed by atoms with E-state index < -0.39 is 18.2 Å². The van der Waals surface area contributed by atoms with E-state index >= 15 is 0 Å². The first kappa shape index (κ1) is 37.1. The monoisotopic (exact) mass is 539 g/mol. The second-order valence-electron chi connectivity index (χ2n) is 11.4. The van der Waals surface area contributed by atoms with E-state index in [2.05, 4.69) is 31.3 Å². The molecule has 0 spiro atoms. The molecule has 0 radical (unpaired) electrons. The van der Waals surface area contributed by atoms with Crippen LogP contribution in [0.25, 0.3) is 0 Å². The van der Waals surface area contributed by atoms with Gasteiger partial charge in [0.25, 0.3) is 0 Å². The van der Waals surface area contributed by atoms with Gasteiger partial charge in [0.15, 0.2) is 0 Å². The summed E-state index contributed by atoms with van der Waals surface area (Å²) in [5, 5.41) is 33.1. The number of aliphatic hydroxyl groups excluding tert-OH is 3. The Morgan fingerprint density at radius 3 is 1.55 bits per heavy atom. The molecule has 1 amide bonds. The van der Waals surface area contributed by atoms with Crippen LogP contribution in [0.5, 0.6) is 0 Å². The summed E-state index contributed by atoms with van der Waals surface area (Å²) in [6.45, 7) is 4.11. The summed E-state index contributed by atoms with van der Waals surface area (Å²) in [5.74, 6) is -0.153. The van der Waals surface area contributed by atoms with Gasteiger partial charge in [0.05, 0.1) is 18.8 Å². The van der Waals surface area contributed by atoms with Crippen LogP contribution < -0.4 is 5.32 Å². The lowest BCUT2D eigenvalue weighted by atomic mass is 9.99. The van der Waals surface area contributed by atoms with Crippen LogP contribution in [0.4, 0.5) is 0 Å². The summed E-state index contributed by atoms with van der Waals surface area (Å²) in [6, 6.07) is -0.804. The summed E-state index contributed by atoms with van der Waals surface area (Å²) in [7, 11) is 0. The summed E-state index contributed by atoms with van der Waals surface area (Å²) in [6.07, 6.45) is 30.1. The first-order valence-electron chi connectivity index (χ1n) is 16.5. The normalized spacial score (nSPS) is 14.1. The molecule has 0 heterocycles. The number of hydrogen-bond donors (Lipinski definition) is 4.